The minimum absolute atomic E-state index is 0.718. The van der Waals surface area contributed by atoms with Crippen molar-refractivity contribution < 1.29 is 0 Å². The Bertz CT molecular complexity index is 524. The van der Waals surface area contributed by atoms with Gasteiger partial charge in [-0.2, -0.15) is 5.10 Å². The molecule has 1 aromatic carbocycles. The van der Waals surface area contributed by atoms with E-state index in [1.807, 2.05) is 23.1 Å². The van der Waals surface area contributed by atoms with E-state index in [2.05, 4.69) is 34.7 Å². The highest BCUT2D eigenvalue weighted by Gasteiger charge is 2.41. The predicted molar refractivity (Wildman–Crippen MR) is 76.4 cm³/mol. The summed E-state index contributed by atoms with van der Waals surface area (Å²) in [6.07, 6.45) is 9.44. The van der Waals surface area contributed by atoms with Crippen LogP contribution in [-0.2, 0) is 0 Å². The predicted octanol–water partition coefficient (Wildman–Crippen LogP) is 3.47. The molecule has 0 unspecified atom stereocenters. The van der Waals surface area contributed by atoms with Crippen LogP contribution in [-0.4, -0.2) is 15.8 Å². The highest BCUT2D eigenvalue weighted by molar-refractivity contribution is 5.49. The molecule has 0 aliphatic heterocycles. The minimum Gasteiger partial charge on any atom is -0.382 e. The molecule has 0 atom stereocenters. The van der Waals surface area contributed by atoms with Gasteiger partial charge in [-0.3, -0.25) is 0 Å². The molecule has 1 aromatic heterocycles. The second-order valence-corrected chi connectivity index (χ2v) is 5.84. The Morgan fingerprint density at radius 1 is 1.05 bits per heavy atom. The van der Waals surface area contributed by atoms with Gasteiger partial charge < -0.3 is 5.32 Å². The lowest BCUT2D eigenvalue weighted by molar-refractivity contribution is 0.568. The van der Waals surface area contributed by atoms with Gasteiger partial charge in [0.1, 0.15) is 0 Å². The summed E-state index contributed by atoms with van der Waals surface area (Å²) in [4.78, 5) is 0. The molecule has 2 saturated carbocycles. The number of benzene rings is 1. The lowest BCUT2D eigenvalue weighted by Crippen LogP contribution is -2.24. The summed E-state index contributed by atoms with van der Waals surface area (Å²) >= 11 is 0. The fraction of sp³-hybridized carbons (Fsp3) is 0.438. The Balaban J connectivity index is 1.49. The van der Waals surface area contributed by atoms with E-state index in [9.17, 15) is 0 Å². The van der Waals surface area contributed by atoms with Gasteiger partial charge in [0.05, 0.1) is 5.69 Å². The molecule has 1 N–H and O–H groups in total. The molecule has 2 aromatic rings. The maximum absolute atomic E-state index is 4.25. The molecular formula is C16H19N3. The topological polar surface area (TPSA) is 29.9 Å². The number of aromatic nitrogens is 2. The maximum atomic E-state index is 4.25. The van der Waals surface area contributed by atoms with Crippen LogP contribution in [0.5, 0.6) is 0 Å². The van der Waals surface area contributed by atoms with Crippen molar-refractivity contribution in [2.24, 2.45) is 11.8 Å². The van der Waals surface area contributed by atoms with E-state index < -0.39 is 0 Å². The van der Waals surface area contributed by atoms with Gasteiger partial charge >= 0.3 is 0 Å². The summed E-state index contributed by atoms with van der Waals surface area (Å²) < 4.78 is 1.89. The lowest BCUT2D eigenvalue weighted by Gasteiger charge is -2.19. The first-order valence-corrected chi connectivity index (χ1v) is 7.27. The summed E-state index contributed by atoms with van der Waals surface area (Å²) in [6.45, 7) is 0. The van der Waals surface area contributed by atoms with E-state index in [0.717, 1.165) is 23.6 Å². The van der Waals surface area contributed by atoms with Gasteiger partial charge in [0.25, 0.3) is 0 Å². The quantitative estimate of drug-likeness (QED) is 0.884. The third-order valence-corrected chi connectivity index (χ3v) is 4.23. The number of rotatable bonds is 5. The van der Waals surface area contributed by atoms with Crippen LogP contribution < -0.4 is 5.32 Å². The maximum Gasteiger partial charge on any atom is 0.0647 e. The molecule has 0 radical (unpaired) electrons. The van der Waals surface area contributed by atoms with Crippen LogP contribution >= 0.6 is 0 Å². The third-order valence-electron chi connectivity index (χ3n) is 4.23. The average molecular weight is 253 g/mol. The molecule has 3 heteroatoms. The van der Waals surface area contributed by atoms with Crippen LogP contribution in [0.3, 0.4) is 0 Å². The molecule has 3 nitrogen and oxygen atoms in total. The van der Waals surface area contributed by atoms with E-state index in [-0.39, 0.29) is 0 Å². The largest absolute Gasteiger partial charge is 0.382 e. The first-order valence-electron chi connectivity index (χ1n) is 7.27. The molecule has 2 fully saturated rings. The highest BCUT2D eigenvalue weighted by atomic mass is 15.3. The zero-order valence-electron chi connectivity index (χ0n) is 11.0. The van der Waals surface area contributed by atoms with E-state index >= 15 is 0 Å². The van der Waals surface area contributed by atoms with E-state index in [1.165, 1.54) is 31.4 Å². The lowest BCUT2D eigenvalue weighted by atomic mass is 10.1. The van der Waals surface area contributed by atoms with Crippen molar-refractivity contribution in [2.75, 3.05) is 5.32 Å². The van der Waals surface area contributed by atoms with Crippen LogP contribution in [0.1, 0.15) is 25.7 Å². The van der Waals surface area contributed by atoms with Crippen molar-refractivity contribution >= 4 is 5.69 Å². The van der Waals surface area contributed by atoms with Crippen molar-refractivity contribution in [3.05, 3.63) is 42.7 Å². The van der Waals surface area contributed by atoms with Crippen molar-refractivity contribution in [1.82, 2.24) is 9.78 Å². The SMILES string of the molecule is c1cnn(-c2ccc(NC(C3CC3)C3CC3)cc2)c1. The van der Waals surface area contributed by atoms with Gasteiger partial charge in [0.2, 0.25) is 0 Å². The molecule has 0 saturated heterocycles. The number of hydrogen-bond donors (Lipinski definition) is 1. The Kier molecular flexibility index (Phi) is 2.57. The summed E-state index contributed by atoms with van der Waals surface area (Å²) in [5.74, 6) is 1.86. The van der Waals surface area contributed by atoms with Crippen LogP contribution in [0.4, 0.5) is 5.69 Å². The Labute approximate surface area is 113 Å². The van der Waals surface area contributed by atoms with Crippen molar-refractivity contribution in [3.63, 3.8) is 0 Å². The van der Waals surface area contributed by atoms with Crippen molar-refractivity contribution in [2.45, 2.75) is 31.7 Å². The zero-order chi connectivity index (χ0) is 12.7. The summed E-state index contributed by atoms with van der Waals surface area (Å²) in [5, 5.41) is 8.00. The Morgan fingerprint density at radius 2 is 1.74 bits per heavy atom. The highest BCUT2D eigenvalue weighted by Crippen LogP contribution is 2.45. The molecule has 0 amide bonds. The van der Waals surface area contributed by atoms with Crippen molar-refractivity contribution in [1.29, 1.82) is 0 Å². The Morgan fingerprint density at radius 3 is 2.26 bits per heavy atom. The number of anilines is 1. The smallest absolute Gasteiger partial charge is 0.0647 e. The molecule has 98 valence electrons. The molecule has 19 heavy (non-hydrogen) atoms. The van der Waals surface area contributed by atoms with Gasteiger partial charge in [-0.05, 0) is 67.9 Å². The summed E-state index contributed by atoms with van der Waals surface area (Å²) in [7, 11) is 0. The fourth-order valence-corrected chi connectivity index (χ4v) is 2.86. The first kappa shape index (κ1) is 11.1. The molecule has 4 rings (SSSR count). The van der Waals surface area contributed by atoms with Gasteiger partial charge in [-0.15, -0.1) is 0 Å². The molecule has 1 heterocycles. The number of nitrogens with zero attached hydrogens (tertiary/aromatic N) is 2. The molecule has 0 spiro atoms. The molecular weight excluding hydrogens is 234 g/mol. The van der Waals surface area contributed by atoms with Gasteiger partial charge in [0.15, 0.2) is 0 Å². The Hall–Kier alpha value is -1.77. The first-order chi connectivity index (χ1) is 9.40. The van der Waals surface area contributed by atoms with Crippen molar-refractivity contribution in [3.8, 4) is 5.69 Å². The van der Waals surface area contributed by atoms with E-state index in [0.29, 0.717) is 0 Å². The second kappa shape index (κ2) is 4.41. The summed E-state index contributed by atoms with van der Waals surface area (Å²) in [6, 6.07) is 11.3. The summed E-state index contributed by atoms with van der Waals surface area (Å²) in [5.41, 5.74) is 2.37. The average Bonchev–Trinajstić information content (AvgIpc) is 3.37. The second-order valence-electron chi connectivity index (χ2n) is 5.84. The van der Waals surface area contributed by atoms with Gasteiger partial charge in [-0.1, -0.05) is 0 Å². The molecule has 2 aliphatic carbocycles. The normalized spacial score (nSPS) is 18.8. The van der Waals surface area contributed by atoms with Crippen LogP contribution in [0, 0.1) is 11.8 Å². The van der Waals surface area contributed by atoms with Crippen LogP contribution in [0.25, 0.3) is 5.69 Å². The monoisotopic (exact) mass is 253 g/mol. The fourth-order valence-electron chi connectivity index (χ4n) is 2.86. The minimum atomic E-state index is 0.718. The van der Waals surface area contributed by atoms with Crippen LogP contribution in [0.2, 0.25) is 0 Å². The zero-order valence-corrected chi connectivity index (χ0v) is 11.0. The van der Waals surface area contributed by atoms with E-state index in [1.54, 1.807) is 0 Å². The van der Waals surface area contributed by atoms with E-state index in [4.69, 9.17) is 0 Å². The van der Waals surface area contributed by atoms with Gasteiger partial charge in [-0.25, -0.2) is 4.68 Å². The van der Waals surface area contributed by atoms with Crippen LogP contribution in [0.15, 0.2) is 42.7 Å². The standard InChI is InChI=1S/C16H19N3/c1-10-17-19(11-1)15-8-6-14(7-9-15)18-16(12-2-3-12)13-4-5-13/h1,6-13,16,18H,2-5H2. The van der Waals surface area contributed by atoms with Gasteiger partial charge in [0, 0.05) is 24.1 Å². The number of nitrogens with one attached hydrogen (secondary N) is 1. The molecule has 0 bridgehead atoms. The molecule has 2 aliphatic rings. The number of hydrogen-bond acceptors (Lipinski definition) is 2. The third kappa shape index (κ3) is 2.37.